The van der Waals surface area contributed by atoms with Crippen molar-refractivity contribution < 1.29 is 40.4 Å². The van der Waals surface area contributed by atoms with Crippen LogP contribution < -0.4 is 10.1 Å². The fourth-order valence-corrected chi connectivity index (χ4v) is 4.78. The largest absolute Gasteiger partial charge is 0.493 e. The summed E-state index contributed by atoms with van der Waals surface area (Å²) >= 11 is 0. The summed E-state index contributed by atoms with van der Waals surface area (Å²) in [6, 6.07) is 4.55. The molecule has 2 aromatic rings. The number of rotatable bonds is 5. The van der Waals surface area contributed by atoms with Gasteiger partial charge in [0.2, 0.25) is 5.82 Å². The number of halogens is 5. The summed E-state index contributed by atoms with van der Waals surface area (Å²) in [4.78, 5) is 17.1. The van der Waals surface area contributed by atoms with E-state index in [1.165, 1.54) is 38.6 Å². The zero-order valence-corrected chi connectivity index (χ0v) is 20.3. The van der Waals surface area contributed by atoms with Gasteiger partial charge in [-0.25, -0.2) is 17.9 Å². The van der Waals surface area contributed by atoms with Gasteiger partial charge in [0, 0.05) is 30.7 Å². The van der Waals surface area contributed by atoms with E-state index in [2.05, 4.69) is 14.7 Å². The third-order valence-electron chi connectivity index (χ3n) is 6.31. The molecule has 0 bridgehead atoms. The van der Waals surface area contributed by atoms with Crippen LogP contribution in [0.4, 0.5) is 27.6 Å². The van der Waals surface area contributed by atoms with Gasteiger partial charge in [-0.3, -0.25) is 4.79 Å². The lowest BCUT2D eigenvalue weighted by Crippen LogP contribution is -2.47. The van der Waals surface area contributed by atoms with Crippen LogP contribution in [0.15, 0.2) is 39.9 Å². The van der Waals surface area contributed by atoms with Crippen LogP contribution in [-0.2, 0) is 19.3 Å². The van der Waals surface area contributed by atoms with Gasteiger partial charge in [-0.2, -0.15) is 17.6 Å². The molecule has 7 nitrogen and oxygen atoms in total. The minimum atomic E-state index is -4.88. The van der Waals surface area contributed by atoms with E-state index >= 15 is 0 Å². The number of amides is 1. The molecule has 13 heteroatoms. The first-order chi connectivity index (χ1) is 16.2. The third kappa shape index (κ3) is 4.70. The molecule has 1 N–H and O–H groups in total. The molecule has 1 aromatic heterocycles. The van der Waals surface area contributed by atoms with Gasteiger partial charge in [0.05, 0.1) is 28.7 Å². The Kier molecular flexibility index (Phi) is 7.15. The number of alkyl halides is 3. The van der Waals surface area contributed by atoms with Gasteiger partial charge >= 0.3 is 6.18 Å². The maximum Gasteiger partial charge on any atom is 0.417 e. The van der Waals surface area contributed by atoms with E-state index in [-0.39, 0.29) is 16.3 Å². The van der Waals surface area contributed by atoms with Crippen LogP contribution in [0.5, 0.6) is 5.75 Å². The zero-order valence-electron chi connectivity index (χ0n) is 19.4. The Hall–Kier alpha value is -2.80. The van der Waals surface area contributed by atoms with Crippen molar-refractivity contribution in [3.63, 3.8) is 0 Å². The number of hydrogen-bond donors (Lipinski definition) is 1. The van der Waals surface area contributed by atoms with E-state index in [1.54, 1.807) is 0 Å². The lowest BCUT2D eigenvalue weighted by molar-refractivity contribution is -0.272. The number of carbonyl (C=O) groups excluding carboxylic acids is 1. The van der Waals surface area contributed by atoms with Crippen molar-refractivity contribution in [2.24, 2.45) is 10.3 Å². The molecule has 0 aliphatic carbocycles. The monoisotopic (exact) mass is 521 g/mol. The van der Waals surface area contributed by atoms with Crippen molar-refractivity contribution in [2.45, 2.75) is 42.7 Å². The Labute approximate surface area is 199 Å². The molecule has 1 aromatic carbocycles. The molecule has 5 atom stereocenters. The first-order valence-corrected chi connectivity index (χ1v) is 12.2. The van der Waals surface area contributed by atoms with Crippen molar-refractivity contribution >= 4 is 21.3 Å². The smallest absolute Gasteiger partial charge is 0.417 e. The van der Waals surface area contributed by atoms with Crippen LogP contribution in [0, 0.1) is 17.6 Å². The van der Waals surface area contributed by atoms with E-state index in [0.29, 0.717) is 0 Å². The highest BCUT2D eigenvalue weighted by molar-refractivity contribution is 7.92. The van der Waals surface area contributed by atoms with Crippen LogP contribution in [0.1, 0.15) is 25.3 Å². The molecular weight excluding hydrogens is 497 g/mol. The standard InChI is InChI=1S/C22H24F5N3O4S/c1-11-16(13-7-8-14(23)17(24)18(13)33-4)19(34-21(11,2)22(25,26)27)20(31)30-12-6-9-15(29-10-12)35(5,32)28-3/h6-11,16,19H,1-5H3,(H,30,31)/t11-,16-,19+,21+,35?/m0/s1. The van der Waals surface area contributed by atoms with Gasteiger partial charge in [-0.15, -0.1) is 0 Å². The number of methoxy groups -OCH3 is 1. The molecule has 192 valence electrons. The molecule has 1 aliphatic rings. The maximum absolute atomic E-state index is 14.4. The Balaban J connectivity index is 2.03. The number of pyridine rings is 1. The van der Waals surface area contributed by atoms with E-state index in [4.69, 9.17) is 9.47 Å². The maximum atomic E-state index is 14.4. The highest BCUT2D eigenvalue weighted by Gasteiger charge is 2.65. The summed E-state index contributed by atoms with van der Waals surface area (Å²) in [5, 5.41) is 2.58. The lowest BCUT2D eigenvalue weighted by atomic mass is 9.77. The van der Waals surface area contributed by atoms with E-state index in [1.807, 2.05) is 0 Å². The van der Waals surface area contributed by atoms with Crippen molar-refractivity contribution in [3.8, 4) is 5.75 Å². The first kappa shape index (κ1) is 26.8. The number of ether oxygens (including phenoxy) is 2. The predicted octanol–water partition coefficient (Wildman–Crippen LogP) is 4.53. The van der Waals surface area contributed by atoms with Gasteiger partial charge in [0.1, 0.15) is 11.1 Å². The van der Waals surface area contributed by atoms with Gasteiger partial charge in [-0.05, 0) is 25.1 Å². The van der Waals surface area contributed by atoms with Crippen molar-refractivity contribution in [2.75, 3.05) is 25.7 Å². The minimum absolute atomic E-state index is 0.0953. The average Bonchev–Trinajstić information content (AvgIpc) is 3.08. The molecule has 2 heterocycles. The SMILES string of the molecule is CN=S(C)(=O)c1ccc(NC(=O)[C@@H]2O[C@@](C)(C(F)(F)F)[C@@H](C)[C@H]2c2ccc(F)c(F)c2OC)cn1. The number of aromatic nitrogens is 1. The van der Waals surface area contributed by atoms with Crippen molar-refractivity contribution in [1.82, 2.24) is 4.98 Å². The van der Waals surface area contributed by atoms with Crippen LogP contribution in [-0.4, -0.2) is 53.4 Å². The second-order valence-electron chi connectivity index (χ2n) is 8.30. The normalized spacial score (nSPS) is 26.2. The van der Waals surface area contributed by atoms with Gasteiger partial charge in [-0.1, -0.05) is 13.0 Å². The van der Waals surface area contributed by atoms with E-state index in [9.17, 15) is 31.0 Å². The molecule has 0 saturated carbocycles. The third-order valence-corrected chi connectivity index (χ3v) is 8.03. The Morgan fingerprint density at radius 2 is 1.91 bits per heavy atom. The fraction of sp³-hybridized carbons (Fsp3) is 0.455. The molecule has 1 aliphatic heterocycles. The summed E-state index contributed by atoms with van der Waals surface area (Å²) in [6.07, 6.45) is -4.06. The molecule has 0 spiro atoms. The summed E-state index contributed by atoms with van der Waals surface area (Å²) in [5.74, 6) is -6.94. The minimum Gasteiger partial charge on any atom is -0.493 e. The highest BCUT2D eigenvalue weighted by Crippen LogP contribution is 2.55. The summed E-state index contributed by atoms with van der Waals surface area (Å²) in [5.41, 5.74) is -2.82. The summed E-state index contributed by atoms with van der Waals surface area (Å²) in [6.45, 7) is 2.02. The number of nitrogens with zero attached hydrogens (tertiary/aromatic N) is 2. The molecule has 3 rings (SSSR count). The molecular formula is C22H24F5N3O4S. The molecule has 1 amide bonds. The topological polar surface area (TPSA) is 89.9 Å². The van der Waals surface area contributed by atoms with Crippen LogP contribution >= 0.6 is 0 Å². The first-order valence-electron chi connectivity index (χ1n) is 10.3. The molecule has 1 saturated heterocycles. The predicted molar refractivity (Wildman–Crippen MR) is 118 cm³/mol. The number of benzene rings is 1. The second-order valence-corrected chi connectivity index (χ2v) is 10.7. The second kappa shape index (κ2) is 9.34. The molecule has 0 radical (unpaired) electrons. The van der Waals surface area contributed by atoms with Crippen molar-refractivity contribution in [1.29, 1.82) is 0 Å². The van der Waals surface area contributed by atoms with Gasteiger partial charge in [0.25, 0.3) is 5.91 Å². The highest BCUT2D eigenvalue weighted by atomic mass is 32.2. The molecule has 1 unspecified atom stereocenters. The van der Waals surface area contributed by atoms with Gasteiger partial charge < -0.3 is 14.8 Å². The number of anilines is 1. The number of carbonyl (C=O) groups is 1. The fourth-order valence-electron chi connectivity index (χ4n) is 4.03. The van der Waals surface area contributed by atoms with Crippen LogP contribution in [0.3, 0.4) is 0 Å². The Morgan fingerprint density at radius 1 is 1.26 bits per heavy atom. The summed E-state index contributed by atoms with van der Waals surface area (Å²) in [7, 11) is -0.330. The zero-order chi connectivity index (χ0) is 26.3. The molecule has 1 fully saturated rings. The summed E-state index contributed by atoms with van der Waals surface area (Å²) < 4.78 is 96.5. The Morgan fingerprint density at radius 3 is 2.43 bits per heavy atom. The van der Waals surface area contributed by atoms with Crippen LogP contribution in [0.25, 0.3) is 0 Å². The van der Waals surface area contributed by atoms with E-state index in [0.717, 1.165) is 26.2 Å². The number of hydrogen-bond acceptors (Lipinski definition) is 6. The Bertz CT molecular complexity index is 1240. The van der Waals surface area contributed by atoms with Gasteiger partial charge in [0.15, 0.2) is 17.2 Å². The van der Waals surface area contributed by atoms with Crippen molar-refractivity contribution in [3.05, 3.63) is 47.7 Å². The molecule has 35 heavy (non-hydrogen) atoms. The van der Waals surface area contributed by atoms with Crippen LogP contribution in [0.2, 0.25) is 0 Å². The quantitative estimate of drug-likeness (QED) is 0.584. The average molecular weight is 522 g/mol. The number of nitrogens with one attached hydrogen (secondary N) is 1. The lowest BCUT2D eigenvalue weighted by Gasteiger charge is -2.32. The van der Waals surface area contributed by atoms with E-state index < -0.39 is 62.7 Å².